The van der Waals surface area contributed by atoms with Crippen LogP contribution in [0.1, 0.15) is 17.5 Å². The molecule has 4 nitrogen and oxygen atoms in total. The quantitative estimate of drug-likeness (QED) is 0.943. The van der Waals surface area contributed by atoms with E-state index < -0.39 is 10.0 Å². The SMILES string of the molecule is CN1CCCc2ccc(NS(=O)(=O)Cc3ccccc3)cc21. The number of anilines is 2. The van der Waals surface area contributed by atoms with Crippen LogP contribution in [0.15, 0.2) is 48.5 Å². The van der Waals surface area contributed by atoms with E-state index in [0.29, 0.717) is 5.69 Å². The maximum absolute atomic E-state index is 12.3. The third kappa shape index (κ3) is 3.42. The van der Waals surface area contributed by atoms with Gasteiger partial charge < -0.3 is 4.90 Å². The first-order valence-corrected chi connectivity index (χ1v) is 9.07. The summed E-state index contributed by atoms with van der Waals surface area (Å²) in [6.45, 7) is 1.01. The normalized spacial score (nSPS) is 14.5. The van der Waals surface area contributed by atoms with Crippen LogP contribution in [0.25, 0.3) is 0 Å². The smallest absolute Gasteiger partial charge is 0.236 e. The van der Waals surface area contributed by atoms with Crippen molar-refractivity contribution >= 4 is 21.4 Å². The molecule has 0 radical (unpaired) electrons. The van der Waals surface area contributed by atoms with Gasteiger partial charge in [0.15, 0.2) is 0 Å². The van der Waals surface area contributed by atoms with Gasteiger partial charge in [-0.3, -0.25) is 4.72 Å². The number of nitrogens with zero attached hydrogens (tertiary/aromatic N) is 1. The van der Waals surface area contributed by atoms with Crippen molar-refractivity contribution in [1.29, 1.82) is 0 Å². The molecule has 0 saturated carbocycles. The van der Waals surface area contributed by atoms with E-state index >= 15 is 0 Å². The summed E-state index contributed by atoms with van der Waals surface area (Å²) >= 11 is 0. The van der Waals surface area contributed by atoms with Gasteiger partial charge in [0.25, 0.3) is 0 Å². The van der Waals surface area contributed by atoms with Crippen molar-refractivity contribution < 1.29 is 8.42 Å². The van der Waals surface area contributed by atoms with E-state index in [2.05, 4.69) is 9.62 Å². The first-order chi connectivity index (χ1) is 10.5. The van der Waals surface area contributed by atoms with E-state index in [4.69, 9.17) is 0 Å². The molecule has 1 heterocycles. The van der Waals surface area contributed by atoms with E-state index in [9.17, 15) is 8.42 Å². The maximum atomic E-state index is 12.3. The second kappa shape index (κ2) is 6.01. The van der Waals surface area contributed by atoms with Crippen LogP contribution in [0.5, 0.6) is 0 Å². The molecule has 5 heteroatoms. The Labute approximate surface area is 131 Å². The molecule has 2 aromatic carbocycles. The van der Waals surface area contributed by atoms with Gasteiger partial charge in [-0.15, -0.1) is 0 Å². The van der Waals surface area contributed by atoms with E-state index in [1.165, 1.54) is 5.56 Å². The van der Waals surface area contributed by atoms with Gasteiger partial charge in [-0.2, -0.15) is 0 Å². The van der Waals surface area contributed by atoms with Gasteiger partial charge in [-0.1, -0.05) is 36.4 Å². The molecule has 0 fully saturated rings. The molecular formula is C17H20N2O2S. The van der Waals surface area contributed by atoms with Crippen molar-refractivity contribution in [3.8, 4) is 0 Å². The first kappa shape index (κ1) is 14.9. The monoisotopic (exact) mass is 316 g/mol. The molecule has 22 heavy (non-hydrogen) atoms. The zero-order valence-electron chi connectivity index (χ0n) is 12.6. The molecule has 0 unspecified atom stereocenters. The summed E-state index contributed by atoms with van der Waals surface area (Å²) in [7, 11) is -1.36. The third-order valence-corrected chi connectivity index (χ3v) is 5.17. The minimum absolute atomic E-state index is 0.0131. The van der Waals surface area contributed by atoms with Gasteiger partial charge in [0, 0.05) is 19.3 Å². The van der Waals surface area contributed by atoms with Crippen molar-refractivity contribution in [3.05, 3.63) is 59.7 Å². The molecule has 0 spiro atoms. The summed E-state index contributed by atoms with van der Waals surface area (Å²) in [6.07, 6.45) is 2.19. The fourth-order valence-corrected chi connectivity index (χ4v) is 4.02. The van der Waals surface area contributed by atoms with Gasteiger partial charge in [0.05, 0.1) is 11.4 Å². The number of rotatable bonds is 4. The van der Waals surface area contributed by atoms with Crippen molar-refractivity contribution in [2.24, 2.45) is 0 Å². The molecule has 0 saturated heterocycles. The fourth-order valence-electron chi connectivity index (χ4n) is 2.83. The molecule has 0 aromatic heterocycles. The van der Waals surface area contributed by atoms with Crippen LogP contribution in [0.2, 0.25) is 0 Å². The Morgan fingerprint density at radius 1 is 1.14 bits per heavy atom. The lowest BCUT2D eigenvalue weighted by molar-refractivity contribution is 0.600. The standard InChI is InChI=1S/C17H20N2O2S/c1-19-11-5-8-15-9-10-16(12-17(15)19)18-22(20,21)13-14-6-3-2-4-7-14/h2-4,6-7,9-10,12,18H,5,8,11,13H2,1H3. The van der Waals surface area contributed by atoms with Crippen molar-refractivity contribution in [3.63, 3.8) is 0 Å². The van der Waals surface area contributed by atoms with E-state index in [1.54, 1.807) is 0 Å². The lowest BCUT2D eigenvalue weighted by atomic mass is 10.0. The Morgan fingerprint density at radius 3 is 2.68 bits per heavy atom. The van der Waals surface area contributed by atoms with Crippen LogP contribution in [-0.2, 0) is 22.2 Å². The molecule has 116 valence electrons. The highest BCUT2D eigenvalue weighted by Gasteiger charge is 2.16. The van der Waals surface area contributed by atoms with Gasteiger partial charge in [-0.05, 0) is 36.1 Å². The molecule has 3 rings (SSSR count). The molecule has 0 amide bonds. The van der Waals surface area contributed by atoms with Crippen LogP contribution >= 0.6 is 0 Å². The average molecular weight is 316 g/mol. The zero-order valence-corrected chi connectivity index (χ0v) is 13.4. The van der Waals surface area contributed by atoms with E-state index in [1.807, 2.05) is 55.6 Å². The molecule has 0 bridgehead atoms. The summed E-state index contributed by atoms with van der Waals surface area (Å²) in [6, 6.07) is 15.0. The van der Waals surface area contributed by atoms with Crippen LogP contribution in [-0.4, -0.2) is 22.0 Å². The molecule has 2 aromatic rings. The number of benzene rings is 2. The highest BCUT2D eigenvalue weighted by atomic mass is 32.2. The topological polar surface area (TPSA) is 49.4 Å². The average Bonchev–Trinajstić information content (AvgIpc) is 2.48. The van der Waals surface area contributed by atoms with Crippen LogP contribution in [0.3, 0.4) is 0 Å². The van der Waals surface area contributed by atoms with Crippen LogP contribution in [0, 0.1) is 0 Å². The van der Waals surface area contributed by atoms with Gasteiger partial charge in [-0.25, -0.2) is 8.42 Å². The zero-order chi connectivity index (χ0) is 15.6. The lowest BCUT2D eigenvalue weighted by Gasteiger charge is -2.28. The van der Waals surface area contributed by atoms with E-state index in [-0.39, 0.29) is 5.75 Å². The highest BCUT2D eigenvalue weighted by Crippen LogP contribution is 2.29. The number of hydrogen-bond donors (Lipinski definition) is 1. The van der Waals surface area contributed by atoms with Crippen molar-refractivity contribution in [2.45, 2.75) is 18.6 Å². The number of hydrogen-bond acceptors (Lipinski definition) is 3. The minimum atomic E-state index is -3.40. The number of sulfonamides is 1. The Hall–Kier alpha value is -2.01. The minimum Gasteiger partial charge on any atom is -0.374 e. The summed E-state index contributed by atoms with van der Waals surface area (Å²) in [4.78, 5) is 2.17. The molecule has 0 atom stereocenters. The number of aryl methyl sites for hydroxylation is 1. The Kier molecular flexibility index (Phi) is 4.07. The summed E-state index contributed by atoms with van der Waals surface area (Å²) in [5.74, 6) is -0.0131. The number of fused-ring (bicyclic) bond motifs is 1. The second-order valence-corrected chi connectivity index (χ2v) is 7.44. The van der Waals surface area contributed by atoms with Crippen molar-refractivity contribution in [2.75, 3.05) is 23.2 Å². The molecule has 1 aliphatic rings. The Bertz CT molecular complexity index is 757. The highest BCUT2D eigenvalue weighted by molar-refractivity contribution is 7.91. The molecule has 1 aliphatic heterocycles. The molecule has 0 aliphatic carbocycles. The van der Waals surface area contributed by atoms with Gasteiger partial charge in [0.1, 0.15) is 0 Å². The molecular weight excluding hydrogens is 296 g/mol. The lowest BCUT2D eigenvalue weighted by Crippen LogP contribution is -2.25. The van der Waals surface area contributed by atoms with E-state index in [0.717, 1.165) is 30.6 Å². The largest absolute Gasteiger partial charge is 0.374 e. The predicted molar refractivity (Wildman–Crippen MR) is 90.7 cm³/mol. The maximum Gasteiger partial charge on any atom is 0.236 e. The van der Waals surface area contributed by atoms with Gasteiger partial charge in [0.2, 0.25) is 10.0 Å². The Balaban J connectivity index is 1.79. The van der Waals surface area contributed by atoms with Crippen LogP contribution < -0.4 is 9.62 Å². The fraction of sp³-hybridized carbons (Fsp3) is 0.294. The second-order valence-electron chi connectivity index (χ2n) is 5.72. The Morgan fingerprint density at radius 2 is 1.91 bits per heavy atom. The molecule has 1 N–H and O–H groups in total. The van der Waals surface area contributed by atoms with Crippen LogP contribution in [0.4, 0.5) is 11.4 Å². The third-order valence-electron chi connectivity index (χ3n) is 3.91. The van der Waals surface area contributed by atoms with Gasteiger partial charge >= 0.3 is 0 Å². The summed E-state index contributed by atoms with van der Waals surface area (Å²) in [5, 5.41) is 0. The van der Waals surface area contributed by atoms with Crippen molar-refractivity contribution in [1.82, 2.24) is 0 Å². The number of nitrogens with one attached hydrogen (secondary N) is 1. The summed E-state index contributed by atoms with van der Waals surface area (Å²) < 4.78 is 27.3. The predicted octanol–water partition coefficient (Wildman–Crippen LogP) is 3.01. The summed E-state index contributed by atoms with van der Waals surface area (Å²) in [5.41, 5.74) is 3.81. The first-order valence-electron chi connectivity index (χ1n) is 7.42.